The highest BCUT2D eigenvalue weighted by molar-refractivity contribution is 7.71. The summed E-state index contributed by atoms with van der Waals surface area (Å²) in [5.41, 5.74) is 1.82. The smallest absolute Gasteiger partial charge is 0.198 e. The maximum atomic E-state index is 4.94. The Hall–Kier alpha value is -1.23. The molecule has 0 aliphatic rings. The van der Waals surface area contributed by atoms with Crippen LogP contribution in [-0.4, -0.2) is 19.5 Å². The highest BCUT2D eigenvalue weighted by Crippen LogP contribution is 2.07. The summed E-state index contributed by atoms with van der Waals surface area (Å²) >= 11 is 4.94. The van der Waals surface area contributed by atoms with Gasteiger partial charge in [-0.1, -0.05) is 6.92 Å². The first-order valence-corrected chi connectivity index (χ1v) is 4.62. The lowest BCUT2D eigenvalue weighted by Gasteiger charge is -1.99. The van der Waals surface area contributed by atoms with Gasteiger partial charge in [0.05, 0.1) is 12.5 Å². The minimum absolute atomic E-state index is 0.505. The van der Waals surface area contributed by atoms with Gasteiger partial charge in [0.25, 0.3) is 0 Å². The van der Waals surface area contributed by atoms with Crippen molar-refractivity contribution in [2.45, 2.75) is 19.9 Å². The molecule has 2 aromatic rings. The fourth-order valence-electron chi connectivity index (χ4n) is 1.29. The second-order valence-electron chi connectivity index (χ2n) is 2.86. The molecule has 0 amide bonds. The van der Waals surface area contributed by atoms with Gasteiger partial charge in [0.1, 0.15) is 11.2 Å². The summed E-state index contributed by atoms with van der Waals surface area (Å²) in [6.07, 6.45) is 4.58. The Morgan fingerprint density at radius 2 is 2.38 bits per heavy atom. The molecule has 13 heavy (non-hydrogen) atoms. The molecule has 0 unspecified atom stereocenters. The molecule has 1 N–H and O–H groups in total. The molecule has 0 fully saturated rings. The predicted octanol–water partition coefficient (Wildman–Crippen LogP) is 1.90. The number of aryl methyl sites for hydroxylation is 1. The Labute approximate surface area is 80.6 Å². The number of fused-ring (bicyclic) bond motifs is 1. The summed E-state index contributed by atoms with van der Waals surface area (Å²) in [5.74, 6) is 0. The molecule has 0 atom stereocenters. The first-order valence-electron chi connectivity index (χ1n) is 4.21. The summed E-state index contributed by atoms with van der Waals surface area (Å²) in [7, 11) is 0. The quantitative estimate of drug-likeness (QED) is 0.743. The minimum atomic E-state index is 0.505. The number of nitrogens with zero attached hydrogens (tertiary/aromatic N) is 3. The van der Waals surface area contributed by atoms with Gasteiger partial charge >= 0.3 is 0 Å². The van der Waals surface area contributed by atoms with Gasteiger partial charge in [0.15, 0.2) is 4.77 Å². The maximum Gasteiger partial charge on any atom is 0.198 e. The van der Waals surface area contributed by atoms with E-state index in [0.717, 1.165) is 24.1 Å². The highest BCUT2D eigenvalue weighted by atomic mass is 32.1. The zero-order valence-electron chi connectivity index (χ0n) is 7.32. The summed E-state index contributed by atoms with van der Waals surface area (Å²) in [4.78, 5) is 11.2. The van der Waals surface area contributed by atoms with Crippen molar-refractivity contribution in [3.05, 3.63) is 17.3 Å². The Morgan fingerprint density at radius 1 is 1.54 bits per heavy atom. The van der Waals surface area contributed by atoms with Gasteiger partial charge in [-0.15, -0.1) is 0 Å². The van der Waals surface area contributed by atoms with Crippen LogP contribution in [0.25, 0.3) is 11.2 Å². The molecule has 0 bridgehead atoms. The van der Waals surface area contributed by atoms with Crippen LogP contribution in [0.3, 0.4) is 0 Å². The highest BCUT2D eigenvalue weighted by Gasteiger charge is 2.00. The molecule has 2 rings (SSSR count). The molecule has 0 spiro atoms. The topological polar surface area (TPSA) is 46.5 Å². The van der Waals surface area contributed by atoms with Crippen LogP contribution in [0.2, 0.25) is 0 Å². The van der Waals surface area contributed by atoms with Gasteiger partial charge < -0.3 is 9.55 Å². The van der Waals surface area contributed by atoms with E-state index >= 15 is 0 Å². The Kier molecular flexibility index (Phi) is 2.10. The van der Waals surface area contributed by atoms with Gasteiger partial charge in [-0.25, -0.2) is 9.97 Å². The lowest BCUT2D eigenvalue weighted by molar-refractivity contribution is 0.691. The number of hydrogen-bond donors (Lipinski definition) is 1. The van der Waals surface area contributed by atoms with Crippen LogP contribution in [0.1, 0.15) is 13.3 Å². The van der Waals surface area contributed by atoms with Crippen molar-refractivity contribution in [1.29, 1.82) is 0 Å². The summed E-state index contributed by atoms with van der Waals surface area (Å²) in [6.45, 7) is 3.08. The maximum absolute atomic E-state index is 4.94. The molecule has 2 aromatic heterocycles. The number of H-pyrrole nitrogens is 1. The lowest BCUT2D eigenvalue weighted by Crippen LogP contribution is -1.96. The van der Waals surface area contributed by atoms with Gasteiger partial charge in [-0.2, -0.15) is 0 Å². The van der Waals surface area contributed by atoms with Gasteiger partial charge in [0, 0.05) is 6.54 Å². The first-order chi connectivity index (χ1) is 6.31. The Morgan fingerprint density at radius 3 is 3.15 bits per heavy atom. The van der Waals surface area contributed by atoms with E-state index in [1.54, 1.807) is 12.5 Å². The zero-order chi connectivity index (χ0) is 9.26. The van der Waals surface area contributed by atoms with Crippen molar-refractivity contribution in [2.24, 2.45) is 0 Å². The molecule has 2 heterocycles. The minimum Gasteiger partial charge on any atom is -0.317 e. The Balaban J connectivity index is 2.64. The summed E-state index contributed by atoms with van der Waals surface area (Å²) in [6, 6.07) is 0. The summed E-state index contributed by atoms with van der Waals surface area (Å²) in [5, 5.41) is 0. The zero-order valence-corrected chi connectivity index (χ0v) is 8.14. The van der Waals surface area contributed by atoms with E-state index < -0.39 is 0 Å². The number of hydrogen-bond acceptors (Lipinski definition) is 3. The van der Waals surface area contributed by atoms with Crippen molar-refractivity contribution in [1.82, 2.24) is 19.5 Å². The predicted molar refractivity (Wildman–Crippen MR) is 53.0 cm³/mol. The van der Waals surface area contributed by atoms with E-state index in [0.29, 0.717) is 4.77 Å². The summed E-state index contributed by atoms with van der Waals surface area (Å²) < 4.78 is 2.55. The van der Waals surface area contributed by atoms with Crippen LogP contribution < -0.4 is 0 Å². The molecule has 4 nitrogen and oxygen atoms in total. The number of imidazole rings is 1. The normalized spacial score (nSPS) is 10.8. The van der Waals surface area contributed by atoms with Crippen molar-refractivity contribution in [2.75, 3.05) is 0 Å². The van der Waals surface area contributed by atoms with Crippen molar-refractivity contribution < 1.29 is 0 Å². The van der Waals surface area contributed by atoms with E-state index in [1.807, 2.05) is 4.57 Å². The second-order valence-corrected chi connectivity index (χ2v) is 3.25. The monoisotopic (exact) mass is 194 g/mol. The molecule has 5 heteroatoms. The third-order valence-electron chi connectivity index (χ3n) is 1.86. The van der Waals surface area contributed by atoms with Gasteiger partial charge in [0.2, 0.25) is 0 Å². The fraction of sp³-hybridized carbons (Fsp3) is 0.375. The largest absolute Gasteiger partial charge is 0.317 e. The molecule has 68 valence electrons. The third kappa shape index (κ3) is 1.47. The van der Waals surface area contributed by atoms with Crippen LogP contribution in [0.15, 0.2) is 12.5 Å². The van der Waals surface area contributed by atoms with Crippen LogP contribution in [0, 0.1) is 4.77 Å². The van der Waals surface area contributed by atoms with Crippen LogP contribution in [0.4, 0.5) is 0 Å². The van der Waals surface area contributed by atoms with E-state index in [1.165, 1.54) is 0 Å². The lowest BCUT2D eigenvalue weighted by atomic mass is 10.5. The van der Waals surface area contributed by atoms with E-state index in [2.05, 4.69) is 21.9 Å². The van der Waals surface area contributed by atoms with E-state index in [9.17, 15) is 0 Å². The Bertz CT molecular complexity index is 470. The molecule has 0 radical (unpaired) electrons. The molecule has 0 saturated carbocycles. The molecule has 0 aromatic carbocycles. The van der Waals surface area contributed by atoms with E-state index in [-0.39, 0.29) is 0 Å². The average Bonchev–Trinajstić information content (AvgIpc) is 2.49. The van der Waals surface area contributed by atoms with Crippen molar-refractivity contribution in [3.8, 4) is 0 Å². The standard InChI is InChI=1S/C8H10N4S/c1-2-3-12-5-10-6-4-9-8(13)11-7(6)12/h4-5H,2-3H2,1H3,(H,9,11,13). The molecular formula is C8H10N4S. The van der Waals surface area contributed by atoms with Crippen LogP contribution >= 0.6 is 12.2 Å². The number of aromatic amines is 1. The number of nitrogens with one attached hydrogen (secondary N) is 1. The van der Waals surface area contributed by atoms with Gasteiger partial charge in [-0.3, -0.25) is 0 Å². The number of aromatic nitrogens is 4. The third-order valence-corrected chi connectivity index (χ3v) is 2.07. The first kappa shape index (κ1) is 8.37. The van der Waals surface area contributed by atoms with Crippen LogP contribution in [-0.2, 0) is 6.54 Å². The van der Waals surface area contributed by atoms with E-state index in [4.69, 9.17) is 12.2 Å². The van der Waals surface area contributed by atoms with Gasteiger partial charge in [-0.05, 0) is 18.6 Å². The van der Waals surface area contributed by atoms with Crippen molar-refractivity contribution in [3.63, 3.8) is 0 Å². The van der Waals surface area contributed by atoms with Crippen LogP contribution in [0.5, 0.6) is 0 Å². The fourth-order valence-corrected chi connectivity index (χ4v) is 1.44. The molecule has 0 aliphatic carbocycles. The average molecular weight is 194 g/mol. The molecule has 0 saturated heterocycles. The molecular weight excluding hydrogens is 184 g/mol. The number of rotatable bonds is 2. The SMILES string of the molecule is CCCn1cnc2cnc(=S)[nH]c21. The van der Waals surface area contributed by atoms with Crippen molar-refractivity contribution >= 4 is 23.4 Å². The molecule has 0 aliphatic heterocycles. The second kappa shape index (κ2) is 3.26.